The van der Waals surface area contributed by atoms with E-state index in [-0.39, 0.29) is 62.2 Å². The highest BCUT2D eigenvalue weighted by atomic mass is 19.1. The number of aliphatic carboxylic acids is 1. The van der Waals surface area contributed by atoms with Crippen molar-refractivity contribution in [2.45, 2.75) is 130 Å². The number of nitrogens with two attached hydrogens (primary N) is 1. The molecule has 2 heterocycles. The molecule has 0 fully saturated rings. The highest BCUT2D eigenvalue weighted by Gasteiger charge is 2.39. The molecule has 0 spiro atoms. The van der Waals surface area contributed by atoms with Crippen molar-refractivity contribution in [2.75, 3.05) is 32.8 Å². The number of benzene rings is 2. The first kappa shape index (κ1) is 57.0. The minimum atomic E-state index is -1.31. The Labute approximate surface area is 414 Å². The number of carbonyl (C=O) groups is 7. The first-order valence-corrected chi connectivity index (χ1v) is 24.2. The fourth-order valence-electron chi connectivity index (χ4n) is 8.28. The number of amides is 6. The van der Waals surface area contributed by atoms with Crippen LogP contribution in [0.5, 0.6) is 0 Å². The number of nitrogens with zero attached hydrogens (tertiary/aromatic N) is 4. The average Bonchev–Trinajstić information content (AvgIpc) is 3.93. The van der Waals surface area contributed by atoms with Gasteiger partial charge in [-0.25, -0.2) is 18.3 Å². The van der Waals surface area contributed by atoms with Gasteiger partial charge in [0.15, 0.2) is 0 Å². The Morgan fingerprint density at radius 2 is 1.61 bits per heavy atom. The second kappa shape index (κ2) is 27.2. The zero-order valence-electron chi connectivity index (χ0n) is 41.6. The Hall–Kier alpha value is -6.54. The zero-order chi connectivity index (χ0) is 52.4. The number of aliphatic hydroxyl groups is 1. The number of hydrogen-bond donors (Lipinski definition) is 7. The molecule has 18 nitrogen and oxygen atoms in total. The molecule has 1 aliphatic heterocycles. The third kappa shape index (κ3) is 17.4. The van der Waals surface area contributed by atoms with Crippen LogP contribution in [0.3, 0.4) is 0 Å². The second-order valence-corrected chi connectivity index (χ2v) is 19.4. The standard InChI is InChI=1S/C51H71F2N9O9/c1-32(2)44(58-41(64)19-11-8-14-25-60-26-15-20-42(60)65)49(69)56-33(3)47(67)57-39(50(70)71)18-12-13-24-55-48(68)38(54)23-27-61(43(66)31-63)46(51(4,5)6)45-35(28-34-16-9-7-10-17-34)30-62(59-45)40-29-36(52)21-22-37(40)53/h7,9-10,15-17,20-22,29-30,32-33,38-39,44,46,63H,8,11-14,18-19,23-28,31,54H2,1-6H3,(H,55,68)(H,56,69)(H,57,67)(H,58,64)(H,70,71)/t33-,38-,39-,44-,46-/m0/s1. The van der Waals surface area contributed by atoms with Gasteiger partial charge in [-0.05, 0) is 74.5 Å². The van der Waals surface area contributed by atoms with Crippen LogP contribution in [0.25, 0.3) is 5.69 Å². The van der Waals surface area contributed by atoms with E-state index in [1.807, 2.05) is 51.1 Å². The van der Waals surface area contributed by atoms with Crippen molar-refractivity contribution in [1.29, 1.82) is 0 Å². The van der Waals surface area contributed by atoms with E-state index >= 15 is 4.39 Å². The van der Waals surface area contributed by atoms with Crippen molar-refractivity contribution in [3.8, 4) is 5.69 Å². The number of aromatic nitrogens is 2. The molecule has 5 atom stereocenters. The summed E-state index contributed by atoms with van der Waals surface area (Å²) in [6, 6.07) is 7.08. The molecule has 71 heavy (non-hydrogen) atoms. The van der Waals surface area contributed by atoms with E-state index in [2.05, 4.69) is 21.3 Å². The predicted molar refractivity (Wildman–Crippen MR) is 261 cm³/mol. The molecule has 2 aromatic carbocycles. The maximum Gasteiger partial charge on any atom is 0.326 e. The van der Waals surface area contributed by atoms with Crippen LogP contribution in [0.2, 0.25) is 0 Å². The number of unbranched alkanes of at least 4 members (excludes halogenated alkanes) is 3. The lowest BCUT2D eigenvalue weighted by atomic mass is 9.81. The number of carboxylic acid groups (broad SMARTS) is 1. The molecule has 0 saturated heterocycles. The molecular weight excluding hydrogens is 921 g/mol. The fraction of sp³-hybridized carbons (Fsp3) is 0.529. The summed E-state index contributed by atoms with van der Waals surface area (Å²) in [6.45, 7) is 10.8. The quantitative estimate of drug-likeness (QED) is 0.0515. The Morgan fingerprint density at radius 3 is 2.24 bits per heavy atom. The number of carboxylic acids is 1. The monoisotopic (exact) mass is 992 g/mol. The minimum absolute atomic E-state index is 0.000132. The van der Waals surface area contributed by atoms with Gasteiger partial charge in [0.25, 0.3) is 0 Å². The molecule has 388 valence electrons. The normalized spacial score (nSPS) is 14.6. The summed E-state index contributed by atoms with van der Waals surface area (Å²) in [5, 5.41) is 35.2. The second-order valence-electron chi connectivity index (χ2n) is 19.4. The molecule has 20 heteroatoms. The number of carbonyl (C=O) groups excluding carboxylic acids is 6. The number of nitrogens with one attached hydrogen (secondary N) is 4. The lowest BCUT2D eigenvalue weighted by Gasteiger charge is -2.40. The van der Waals surface area contributed by atoms with Gasteiger partial charge in [-0.2, -0.15) is 5.10 Å². The van der Waals surface area contributed by atoms with E-state index in [1.165, 1.54) is 22.6 Å². The summed E-state index contributed by atoms with van der Waals surface area (Å²) in [5.41, 5.74) is 7.34. The Bertz CT molecular complexity index is 2340. The smallest absolute Gasteiger partial charge is 0.326 e. The summed E-state index contributed by atoms with van der Waals surface area (Å²) in [5.74, 6) is -5.91. The first-order valence-electron chi connectivity index (χ1n) is 24.2. The number of aliphatic hydroxyl groups excluding tert-OH is 1. The Morgan fingerprint density at radius 1 is 0.887 bits per heavy atom. The van der Waals surface area contributed by atoms with E-state index in [1.54, 1.807) is 31.0 Å². The minimum Gasteiger partial charge on any atom is -0.480 e. The summed E-state index contributed by atoms with van der Waals surface area (Å²) in [6.07, 6.45) is 8.01. The molecule has 3 aromatic rings. The lowest BCUT2D eigenvalue weighted by Crippen LogP contribution is -2.56. The topological polar surface area (TPSA) is 258 Å². The summed E-state index contributed by atoms with van der Waals surface area (Å²) >= 11 is 0. The maximum absolute atomic E-state index is 15.1. The van der Waals surface area contributed by atoms with Crippen LogP contribution in [-0.4, -0.2) is 128 Å². The van der Waals surface area contributed by atoms with E-state index in [4.69, 9.17) is 10.8 Å². The Balaban J connectivity index is 1.28. The van der Waals surface area contributed by atoms with Crippen molar-refractivity contribution in [3.05, 3.63) is 95.3 Å². The van der Waals surface area contributed by atoms with Crippen LogP contribution >= 0.6 is 0 Å². The highest BCUT2D eigenvalue weighted by molar-refractivity contribution is 5.93. The summed E-state index contributed by atoms with van der Waals surface area (Å²) in [7, 11) is 0. The third-order valence-corrected chi connectivity index (χ3v) is 12.2. The van der Waals surface area contributed by atoms with Crippen molar-refractivity contribution < 1.29 is 52.6 Å². The molecule has 8 N–H and O–H groups in total. The van der Waals surface area contributed by atoms with Crippen molar-refractivity contribution >= 4 is 41.4 Å². The molecule has 6 amide bonds. The lowest BCUT2D eigenvalue weighted by molar-refractivity contribution is -0.142. The predicted octanol–water partition coefficient (Wildman–Crippen LogP) is 3.83. The van der Waals surface area contributed by atoms with Crippen LogP contribution in [0.1, 0.15) is 116 Å². The Kier molecular flexibility index (Phi) is 21.8. The first-order chi connectivity index (χ1) is 33.6. The van der Waals surface area contributed by atoms with Gasteiger partial charge in [-0.1, -0.05) is 77.4 Å². The van der Waals surface area contributed by atoms with E-state index in [9.17, 15) is 48.2 Å². The molecule has 1 aromatic heterocycles. The molecule has 0 aliphatic carbocycles. The summed E-state index contributed by atoms with van der Waals surface area (Å²) < 4.78 is 30.7. The summed E-state index contributed by atoms with van der Waals surface area (Å²) in [4.78, 5) is 92.6. The number of halogens is 2. The molecule has 4 rings (SSSR count). The van der Waals surface area contributed by atoms with Gasteiger partial charge < -0.3 is 47.0 Å². The van der Waals surface area contributed by atoms with Gasteiger partial charge in [0.05, 0.1) is 17.8 Å². The van der Waals surface area contributed by atoms with E-state index in [0.717, 1.165) is 36.6 Å². The van der Waals surface area contributed by atoms with E-state index in [0.29, 0.717) is 43.6 Å². The van der Waals surface area contributed by atoms with Gasteiger partial charge in [-0.15, -0.1) is 0 Å². The van der Waals surface area contributed by atoms with Crippen molar-refractivity contribution in [1.82, 2.24) is 40.8 Å². The van der Waals surface area contributed by atoms with Crippen LogP contribution in [0, 0.1) is 23.0 Å². The SMILES string of the molecule is CC(C)[C@H](NC(=O)CCCCCN1CC=CC1=O)C(=O)N[C@@H](C)C(=O)N[C@@H](CCCCNC(=O)[C@@H](N)CCN(C(=O)CO)[C@@H](c1nn(-c2cc(F)ccc2F)cc1Cc1ccccc1)C(C)(C)C)C(=O)O. The van der Waals surface area contributed by atoms with Crippen molar-refractivity contribution in [2.24, 2.45) is 17.1 Å². The van der Waals surface area contributed by atoms with Gasteiger partial charge in [-0.3, -0.25) is 28.8 Å². The number of rotatable bonds is 28. The van der Waals surface area contributed by atoms with Crippen LogP contribution in [0.15, 0.2) is 66.9 Å². The molecule has 1 aliphatic rings. The van der Waals surface area contributed by atoms with Gasteiger partial charge >= 0.3 is 5.97 Å². The number of hydrogen-bond acceptors (Lipinski definition) is 10. The van der Waals surface area contributed by atoms with Gasteiger partial charge in [0.2, 0.25) is 35.4 Å². The molecule has 0 unspecified atom stereocenters. The fourth-order valence-corrected chi connectivity index (χ4v) is 8.28. The largest absolute Gasteiger partial charge is 0.480 e. The average molecular weight is 992 g/mol. The zero-order valence-corrected chi connectivity index (χ0v) is 41.6. The van der Waals surface area contributed by atoms with Crippen LogP contribution in [-0.2, 0) is 40.0 Å². The van der Waals surface area contributed by atoms with Gasteiger partial charge in [0, 0.05) is 62.9 Å². The molecular formula is C51H71F2N9O9. The molecule has 0 saturated carbocycles. The third-order valence-electron chi connectivity index (χ3n) is 12.2. The van der Waals surface area contributed by atoms with E-state index < -0.39 is 83.5 Å². The van der Waals surface area contributed by atoms with Crippen molar-refractivity contribution in [3.63, 3.8) is 0 Å². The van der Waals surface area contributed by atoms with Gasteiger partial charge in [0.1, 0.15) is 42.1 Å². The van der Waals surface area contributed by atoms with Crippen LogP contribution < -0.4 is 27.0 Å². The maximum atomic E-state index is 15.1. The molecule has 0 radical (unpaired) electrons. The molecule has 0 bridgehead atoms. The highest BCUT2D eigenvalue weighted by Crippen LogP contribution is 2.40. The van der Waals surface area contributed by atoms with Crippen LogP contribution in [0.4, 0.5) is 8.78 Å².